The molecule has 4 unspecified atom stereocenters. The van der Waals surface area contributed by atoms with Crippen molar-refractivity contribution in [2.75, 3.05) is 49.4 Å². The predicted octanol–water partition coefficient (Wildman–Crippen LogP) is -4.92. The molecule has 456 valence electrons. The maximum absolute atomic E-state index is 14.0. The topological polar surface area (TPSA) is 613 Å². The average molecular weight is 1270 g/mol. The number of aliphatic hydroxyl groups is 5. The van der Waals surface area contributed by atoms with Crippen molar-refractivity contribution in [1.82, 2.24) is 58.1 Å². The summed E-state index contributed by atoms with van der Waals surface area (Å²) >= 11 is 0. The van der Waals surface area contributed by atoms with Gasteiger partial charge in [-0.3, -0.25) is 45.4 Å². The largest absolute Gasteiger partial charge is 0.694 e. The van der Waals surface area contributed by atoms with Crippen molar-refractivity contribution in [2.24, 2.45) is 0 Å². The van der Waals surface area contributed by atoms with Gasteiger partial charge in [0, 0.05) is 17.0 Å². The molecule has 0 aliphatic carbocycles. The van der Waals surface area contributed by atoms with E-state index in [0.717, 1.165) is 48.1 Å². The number of imidazole rings is 2. The van der Waals surface area contributed by atoms with Crippen LogP contribution < -0.4 is 34.3 Å². The highest BCUT2D eigenvalue weighted by Gasteiger charge is 2.55. The first-order valence-corrected chi connectivity index (χ1v) is 29.6. The first-order valence-electron chi connectivity index (χ1n) is 24.0. The maximum atomic E-state index is 14.0. The van der Waals surface area contributed by atoms with Crippen LogP contribution in [0.1, 0.15) is 24.9 Å². The number of ether oxygens (including phenoxy) is 4. The predicted molar refractivity (Wildman–Crippen MR) is 269 cm³/mol. The number of hydrogen-bond acceptors (Lipinski definition) is 34. The Labute approximate surface area is 466 Å². The van der Waals surface area contributed by atoms with Crippen LogP contribution in [0.5, 0.6) is 0 Å². The third-order valence-electron chi connectivity index (χ3n) is 13.2. The monoisotopic (exact) mass is 1270 g/mol. The van der Waals surface area contributed by atoms with Gasteiger partial charge < -0.3 is 82.1 Å². The Morgan fingerprint density at radius 3 is 1.26 bits per heavy atom. The van der Waals surface area contributed by atoms with Crippen molar-refractivity contribution < 1.29 is 114 Å². The molecule has 6 aromatic rings. The van der Waals surface area contributed by atoms with Crippen LogP contribution in [0.25, 0.3) is 22.3 Å². The lowest BCUT2D eigenvalue weighted by molar-refractivity contribution is -0.0649. The fourth-order valence-electron chi connectivity index (χ4n) is 9.28. The van der Waals surface area contributed by atoms with Crippen LogP contribution in [0.15, 0.2) is 59.4 Å². The molecule has 0 aromatic carbocycles. The number of anilines is 4. The standard InChI is InChI=1S/C38H48N16O26P4/c39-17-1-3-51(37(60)49-17)34-23(57)27(79-82(64,65)71-6-13-21(55)22(56)33(74-13)53-11-47-19-29(41)43-9-45-31(19)53)15(76-34)8-73-84(68,69)80-28-16(77-35(24(28)58)52-4-2-18(40)50-38(52)61)7-72-83(66,67)78-26-14(5-70-81(62)63)75-36(25(26)59)54-12-48-20-30(42)44-10-46-32(20)54/h1-4,9-16,21-28,33-36,55-59H,5-8H2,(H11-,39,40,41,42,43,44,45,46,49,50,60,61,62,63,64,65,66,67,68,69)/p+1/t13-,14-,15-,16-,21-,22-,23-,24-,25-,26-,27-,28-,33-,34-,35-,36-/m1/s1. The van der Waals surface area contributed by atoms with Gasteiger partial charge in [-0.05, 0) is 12.1 Å². The fraction of sp³-hybridized carbons (Fsp3) is 0.526. The molecule has 42 nitrogen and oxygen atoms in total. The number of phosphoric acid groups is 3. The minimum absolute atomic E-state index is 0.0104. The van der Waals surface area contributed by atoms with Gasteiger partial charge in [-0.25, -0.2) is 53.2 Å². The number of nitrogens with two attached hydrogens (primary N) is 4. The van der Waals surface area contributed by atoms with Crippen LogP contribution in [-0.2, 0) is 68.9 Å². The van der Waals surface area contributed by atoms with E-state index in [9.17, 15) is 73.0 Å². The second kappa shape index (κ2) is 24.1. The molecule has 0 spiro atoms. The molecule has 4 aliphatic rings. The number of fused-ring (bicyclic) bond motifs is 2. The third kappa shape index (κ3) is 12.6. The Bertz CT molecular complexity index is 3700. The molecule has 0 bridgehead atoms. The van der Waals surface area contributed by atoms with Crippen molar-refractivity contribution >= 4 is 77.3 Å². The van der Waals surface area contributed by atoms with E-state index in [0.29, 0.717) is 9.13 Å². The van der Waals surface area contributed by atoms with Gasteiger partial charge in [0.25, 0.3) is 0 Å². The Morgan fingerprint density at radius 2 is 0.869 bits per heavy atom. The average Bonchev–Trinajstić information content (AvgIpc) is 3.95. The van der Waals surface area contributed by atoms with Gasteiger partial charge in [0.15, 0.2) is 47.8 Å². The fourth-order valence-corrected chi connectivity index (χ4v) is 12.4. The Morgan fingerprint density at radius 1 is 0.512 bits per heavy atom. The quantitative estimate of drug-likeness (QED) is 0.0283. The van der Waals surface area contributed by atoms with Crippen LogP contribution in [-0.4, -0.2) is 203 Å². The zero-order valence-electron chi connectivity index (χ0n) is 42.1. The van der Waals surface area contributed by atoms with Crippen LogP contribution in [0, 0.1) is 0 Å². The van der Waals surface area contributed by atoms with Gasteiger partial charge in [0.05, 0.1) is 32.5 Å². The summed E-state index contributed by atoms with van der Waals surface area (Å²) in [5.74, 6) is -0.664. The van der Waals surface area contributed by atoms with E-state index in [4.69, 9.17) is 73.5 Å². The summed E-state index contributed by atoms with van der Waals surface area (Å²) in [4.78, 5) is 99.6. The highest BCUT2D eigenvalue weighted by molar-refractivity contribution is 7.48. The summed E-state index contributed by atoms with van der Waals surface area (Å²) in [5, 5.41) is 56.3. The maximum Gasteiger partial charge on any atom is 0.694 e. The van der Waals surface area contributed by atoms with Gasteiger partial charge in [-0.2, -0.15) is 9.97 Å². The van der Waals surface area contributed by atoms with Gasteiger partial charge in [0.1, 0.15) is 115 Å². The van der Waals surface area contributed by atoms with Crippen molar-refractivity contribution in [3.63, 3.8) is 0 Å². The lowest BCUT2D eigenvalue weighted by Gasteiger charge is -2.26. The van der Waals surface area contributed by atoms with Crippen molar-refractivity contribution in [3.05, 3.63) is 70.8 Å². The molecule has 10 rings (SSSR count). The zero-order valence-corrected chi connectivity index (χ0v) is 45.7. The summed E-state index contributed by atoms with van der Waals surface area (Å²) in [6.45, 7) is -4.36. The summed E-state index contributed by atoms with van der Waals surface area (Å²) in [7, 11) is -20.2. The molecule has 0 amide bonds. The van der Waals surface area contributed by atoms with E-state index >= 15 is 0 Å². The molecule has 46 heteroatoms. The molecule has 84 heavy (non-hydrogen) atoms. The van der Waals surface area contributed by atoms with E-state index in [1.165, 1.54) is 10.9 Å². The SMILES string of the molecule is Nc1ccn([C@@H]2O[C@H](COP(=O)(O)O[C@H]3[C@@H](O)[C@H](n4ccc(N)nc4=O)O[C@@H]3COP(=O)(O)O[C@H]3[C@@H](O)[C@H](n4cnc5c(N)ncnc54)O[C@@H]3CO[P+](=O)O)[C@@H](OP(=O)(O)OC[C@H]3O[C@@H](n4cnc5c(N)ncnc54)[C@H](O)[C@@H]3O)[C@H]2O)c(=O)n1. The number of rotatable bonds is 22. The lowest BCUT2D eigenvalue weighted by Crippen LogP contribution is -2.39. The second-order valence-electron chi connectivity index (χ2n) is 18.5. The van der Waals surface area contributed by atoms with Gasteiger partial charge in [-0.1, -0.05) is 0 Å². The molecule has 0 radical (unpaired) electrons. The zero-order chi connectivity index (χ0) is 60.3. The highest BCUT2D eigenvalue weighted by Crippen LogP contribution is 2.54. The van der Waals surface area contributed by atoms with E-state index in [-0.39, 0.29) is 45.6 Å². The van der Waals surface area contributed by atoms with Crippen LogP contribution >= 0.6 is 31.7 Å². The number of phosphoric ester groups is 3. The minimum Gasteiger partial charge on any atom is -0.387 e. The van der Waals surface area contributed by atoms with E-state index in [1.807, 2.05) is 0 Å². The summed E-state index contributed by atoms with van der Waals surface area (Å²) in [5.41, 5.74) is 21.0. The lowest BCUT2D eigenvalue weighted by atomic mass is 10.1. The third-order valence-corrected chi connectivity index (χ3v) is 16.5. The number of nitrogen functional groups attached to an aromatic ring is 4. The van der Waals surface area contributed by atoms with Crippen molar-refractivity contribution in [2.45, 2.75) is 98.2 Å². The summed E-state index contributed by atoms with van der Waals surface area (Å²) in [6.07, 6.45) is -23.6. The molecule has 0 saturated carbocycles. The van der Waals surface area contributed by atoms with Gasteiger partial charge in [0.2, 0.25) is 0 Å². The molecule has 17 N–H and O–H groups in total. The van der Waals surface area contributed by atoms with Crippen molar-refractivity contribution in [3.8, 4) is 0 Å². The molecular formula is C38H49N16O26P4+. The first-order chi connectivity index (χ1) is 39.7. The molecular weight excluding hydrogens is 1220 g/mol. The van der Waals surface area contributed by atoms with Gasteiger partial charge >= 0.3 is 43.1 Å². The number of hydrogen-bond donors (Lipinski definition) is 13. The molecule has 4 fully saturated rings. The van der Waals surface area contributed by atoms with Crippen LogP contribution in [0.4, 0.5) is 23.3 Å². The molecule has 6 aromatic heterocycles. The number of aliphatic hydroxyl groups excluding tert-OH is 5. The molecule has 10 heterocycles. The second-order valence-corrected chi connectivity index (χ2v) is 23.5. The first kappa shape index (κ1) is 61.1. The van der Waals surface area contributed by atoms with Crippen molar-refractivity contribution in [1.29, 1.82) is 0 Å². The Hall–Kier alpha value is -5.95. The molecule has 4 aliphatic heterocycles. The van der Waals surface area contributed by atoms with Crippen LogP contribution in [0.2, 0.25) is 0 Å². The summed E-state index contributed by atoms with van der Waals surface area (Å²) < 4.78 is 116. The molecule has 4 saturated heterocycles. The number of nitrogens with zero attached hydrogens (tertiary/aromatic N) is 12. The molecule has 20 atom stereocenters. The Balaban J connectivity index is 0.847. The Kier molecular flexibility index (Phi) is 17.5. The van der Waals surface area contributed by atoms with E-state index in [1.54, 1.807) is 0 Å². The number of aromatic nitrogens is 12. The van der Waals surface area contributed by atoms with E-state index < -0.39 is 168 Å². The smallest absolute Gasteiger partial charge is 0.387 e. The normalized spacial score (nSPS) is 32.2. The van der Waals surface area contributed by atoms with Gasteiger partial charge in [-0.15, -0.1) is 9.42 Å². The summed E-state index contributed by atoms with van der Waals surface area (Å²) in [6, 6.07) is 2.19. The van der Waals surface area contributed by atoms with E-state index in [2.05, 4.69) is 39.9 Å². The highest BCUT2D eigenvalue weighted by atomic mass is 31.2. The van der Waals surface area contributed by atoms with Crippen LogP contribution in [0.3, 0.4) is 0 Å². The minimum atomic E-state index is -5.75.